The molecule has 12 heteroatoms. The lowest BCUT2D eigenvalue weighted by molar-refractivity contribution is -0.144. The van der Waals surface area contributed by atoms with Crippen LogP contribution in [0.25, 0.3) is 0 Å². The van der Waals surface area contributed by atoms with Crippen molar-refractivity contribution in [1.82, 2.24) is 4.98 Å². The van der Waals surface area contributed by atoms with Gasteiger partial charge in [-0.05, 0) is 56.1 Å². The van der Waals surface area contributed by atoms with E-state index in [9.17, 15) is 26.3 Å². The van der Waals surface area contributed by atoms with Crippen molar-refractivity contribution in [3.8, 4) is 17.4 Å². The maximum Gasteiger partial charge on any atom is 0.421 e. The van der Waals surface area contributed by atoms with Gasteiger partial charge in [0.2, 0.25) is 5.88 Å². The Labute approximate surface area is 176 Å². The van der Waals surface area contributed by atoms with Crippen LogP contribution in [0.15, 0.2) is 39.9 Å². The maximum absolute atomic E-state index is 13.1. The van der Waals surface area contributed by atoms with Crippen LogP contribution in [-0.4, -0.2) is 11.6 Å². The smallest absolute Gasteiger partial charge is 0.421 e. The van der Waals surface area contributed by atoms with E-state index < -0.39 is 29.4 Å². The molecule has 28 heavy (non-hydrogen) atoms. The van der Waals surface area contributed by atoms with Crippen molar-refractivity contribution < 1.29 is 35.8 Å². The Morgan fingerprint density at radius 3 is 2.29 bits per heavy atom. The van der Waals surface area contributed by atoms with Crippen molar-refractivity contribution in [2.45, 2.75) is 12.4 Å². The fourth-order valence-electron chi connectivity index (χ4n) is 1.86. The molecule has 0 atom stereocenters. The Morgan fingerprint density at radius 1 is 1.07 bits per heavy atom. The normalized spacial score (nSPS) is 11.9. The molecule has 0 aliphatic heterocycles. The third-order valence-corrected chi connectivity index (χ3v) is 4.02. The molecule has 0 unspecified atom stereocenters. The third kappa shape index (κ3) is 6.28. The minimum atomic E-state index is -5.11. The topological polar surface area (TPSA) is 31.4 Å². The first-order valence-electron chi connectivity index (χ1n) is 7.13. The van der Waals surface area contributed by atoms with E-state index in [1.54, 1.807) is 6.08 Å². The monoisotopic (exact) mass is 553 g/mol. The van der Waals surface area contributed by atoms with E-state index in [1.165, 1.54) is 12.1 Å². The number of halogens is 9. The van der Waals surface area contributed by atoms with Crippen LogP contribution in [0.1, 0.15) is 11.1 Å². The lowest BCUT2D eigenvalue weighted by Gasteiger charge is -2.15. The van der Waals surface area contributed by atoms with Gasteiger partial charge in [-0.15, -0.1) is 0 Å². The van der Waals surface area contributed by atoms with E-state index in [1.807, 2.05) is 0 Å². The molecule has 3 nitrogen and oxygen atoms in total. The lowest BCUT2D eigenvalue weighted by atomic mass is 10.2. The van der Waals surface area contributed by atoms with Crippen molar-refractivity contribution in [3.05, 3.63) is 56.1 Å². The highest BCUT2D eigenvalue weighted by atomic mass is 79.9. The summed E-state index contributed by atoms with van der Waals surface area (Å²) in [5, 5.41) is 0.0251. The van der Waals surface area contributed by atoms with E-state index in [4.69, 9.17) is 21.1 Å². The van der Waals surface area contributed by atoms with Crippen LogP contribution in [0.2, 0.25) is 5.02 Å². The highest BCUT2D eigenvalue weighted by Crippen LogP contribution is 2.41. The molecule has 0 radical (unpaired) electrons. The SMILES string of the molecule is FC(F)(F)c1cnc(Oc2ccc(OCC=C(Br)Br)c(Cl)c2)c(C(F)(F)F)c1. The molecule has 2 rings (SSSR count). The molecule has 1 aromatic carbocycles. The Balaban J connectivity index is 2.30. The quantitative estimate of drug-likeness (QED) is 0.357. The summed E-state index contributed by atoms with van der Waals surface area (Å²) in [7, 11) is 0. The number of hydrogen-bond donors (Lipinski definition) is 0. The number of hydrogen-bond acceptors (Lipinski definition) is 3. The Hall–Kier alpha value is -1.46. The number of aromatic nitrogens is 1. The summed E-state index contributed by atoms with van der Waals surface area (Å²) in [4.78, 5) is 3.17. The molecule has 1 heterocycles. The maximum atomic E-state index is 13.1. The van der Waals surface area contributed by atoms with Gasteiger partial charge >= 0.3 is 12.4 Å². The predicted octanol–water partition coefficient (Wildman–Crippen LogP) is 7.57. The molecule has 0 fully saturated rings. The number of ether oxygens (including phenoxy) is 2. The van der Waals surface area contributed by atoms with Crippen LogP contribution >= 0.6 is 43.5 Å². The summed E-state index contributed by atoms with van der Waals surface area (Å²) in [6.07, 6.45) is -8.20. The first-order valence-corrected chi connectivity index (χ1v) is 9.10. The summed E-state index contributed by atoms with van der Waals surface area (Å²) < 4.78 is 88.4. The molecule has 0 N–H and O–H groups in total. The van der Waals surface area contributed by atoms with Gasteiger partial charge in [-0.1, -0.05) is 11.6 Å². The van der Waals surface area contributed by atoms with Crippen LogP contribution in [0.5, 0.6) is 17.4 Å². The summed E-state index contributed by atoms with van der Waals surface area (Å²) in [5.74, 6) is -0.966. The molecule has 152 valence electrons. The second kappa shape index (κ2) is 8.91. The average Bonchev–Trinajstić information content (AvgIpc) is 2.55. The third-order valence-electron chi connectivity index (χ3n) is 3.08. The van der Waals surface area contributed by atoms with Gasteiger partial charge < -0.3 is 9.47 Å². The van der Waals surface area contributed by atoms with Crippen molar-refractivity contribution in [3.63, 3.8) is 0 Å². The summed E-state index contributed by atoms with van der Waals surface area (Å²) in [6.45, 7) is 0.143. The van der Waals surface area contributed by atoms with Gasteiger partial charge in [0.1, 0.15) is 23.7 Å². The average molecular weight is 555 g/mol. The molecule has 0 bridgehead atoms. The van der Waals surface area contributed by atoms with Crippen LogP contribution < -0.4 is 9.47 Å². The molecular formula is C16H8Br2ClF6NO2. The molecular weight excluding hydrogens is 547 g/mol. The van der Waals surface area contributed by atoms with Crippen LogP contribution in [0.3, 0.4) is 0 Å². The summed E-state index contributed by atoms with van der Waals surface area (Å²) in [5.41, 5.74) is -3.20. The Kier molecular flexibility index (Phi) is 7.27. The van der Waals surface area contributed by atoms with Gasteiger partial charge in [-0.2, -0.15) is 26.3 Å². The number of rotatable bonds is 5. The van der Waals surface area contributed by atoms with Gasteiger partial charge in [-0.3, -0.25) is 0 Å². The standard InChI is InChI=1S/C16H8Br2ClF6NO2/c17-13(18)3-4-27-12-2-1-9(6-11(12)19)28-14-10(16(23,24)25)5-8(7-26-14)15(20,21)22/h1-3,5-7H,4H2. The highest BCUT2D eigenvalue weighted by molar-refractivity contribution is 9.28. The van der Waals surface area contributed by atoms with Crippen molar-refractivity contribution >= 4 is 43.5 Å². The first kappa shape index (κ1) is 22.8. The lowest BCUT2D eigenvalue weighted by Crippen LogP contribution is -2.13. The van der Waals surface area contributed by atoms with Crippen LogP contribution in [0, 0.1) is 0 Å². The fraction of sp³-hybridized carbons (Fsp3) is 0.188. The predicted molar refractivity (Wildman–Crippen MR) is 97.2 cm³/mol. The van der Waals surface area contributed by atoms with E-state index in [0.717, 1.165) is 6.07 Å². The fourth-order valence-corrected chi connectivity index (χ4v) is 2.35. The highest BCUT2D eigenvalue weighted by Gasteiger charge is 2.40. The van der Waals surface area contributed by atoms with E-state index in [-0.39, 0.29) is 35.4 Å². The number of alkyl halides is 6. The molecule has 0 saturated heterocycles. The molecule has 0 aliphatic rings. The molecule has 1 aromatic heterocycles. The minimum Gasteiger partial charge on any atom is -0.488 e. The number of benzene rings is 1. The second-order valence-corrected chi connectivity index (χ2v) is 8.25. The second-order valence-electron chi connectivity index (χ2n) is 5.07. The molecule has 0 spiro atoms. The minimum absolute atomic E-state index is 0.0251. The van der Waals surface area contributed by atoms with Crippen molar-refractivity contribution in [2.75, 3.05) is 6.61 Å². The molecule has 2 aromatic rings. The molecule has 0 aliphatic carbocycles. The summed E-state index contributed by atoms with van der Waals surface area (Å²) in [6, 6.07) is 3.67. The zero-order valence-corrected chi connectivity index (χ0v) is 17.3. The van der Waals surface area contributed by atoms with E-state index >= 15 is 0 Å². The van der Waals surface area contributed by atoms with Crippen LogP contribution in [-0.2, 0) is 12.4 Å². The van der Waals surface area contributed by atoms with Gasteiger partial charge in [0.15, 0.2) is 0 Å². The van der Waals surface area contributed by atoms with E-state index in [2.05, 4.69) is 36.8 Å². The van der Waals surface area contributed by atoms with Gasteiger partial charge in [0.05, 0.1) is 14.0 Å². The number of nitrogens with zero attached hydrogens (tertiary/aromatic N) is 1. The first-order chi connectivity index (χ1) is 12.9. The van der Waals surface area contributed by atoms with Gasteiger partial charge in [0, 0.05) is 12.3 Å². The number of pyridine rings is 1. The van der Waals surface area contributed by atoms with Gasteiger partial charge in [0.25, 0.3) is 0 Å². The Morgan fingerprint density at radius 2 is 1.75 bits per heavy atom. The molecule has 0 amide bonds. The van der Waals surface area contributed by atoms with Gasteiger partial charge in [-0.25, -0.2) is 4.98 Å². The zero-order chi connectivity index (χ0) is 21.1. The van der Waals surface area contributed by atoms with E-state index in [0.29, 0.717) is 3.39 Å². The Bertz CT molecular complexity index is 882. The van der Waals surface area contributed by atoms with Crippen molar-refractivity contribution in [1.29, 1.82) is 0 Å². The largest absolute Gasteiger partial charge is 0.488 e. The van der Waals surface area contributed by atoms with Crippen molar-refractivity contribution in [2.24, 2.45) is 0 Å². The summed E-state index contributed by atoms with van der Waals surface area (Å²) >= 11 is 12.2. The van der Waals surface area contributed by atoms with Crippen LogP contribution in [0.4, 0.5) is 26.3 Å². The zero-order valence-electron chi connectivity index (χ0n) is 13.3. The molecule has 0 saturated carbocycles.